The molecule has 0 aliphatic carbocycles. The fourth-order valence-electron chi connectivity index (χ4n) is 1.46. The second-order valence-electron chi connectivity index (χ2n) is 4.01. The summed E-state index contributed by atoms with van der Waals surface area (Å²) in [6.45, 7) is 4.47. The predicted octanol–water partition coefficient (Wildman–Crippen LogP) is 1.44. The average Bonchev–Trinajstić information content (AvgIpc) is 2.95. The van der Waals surface area contributed by atoms with Crippen molar-refractivity contribution < 1.29 is 4.79 Å². The van der Waals surface area contributed by atoms with Gasteiger partial charge in [0.2, 0.25) is 0 Å². The Morgan fingerprint density at radius 3 is 2.63 bits per heavy atom. The summed E-state index contributed by atoms with van der Waals surface area (Å²) in [6.07, 6.45) is 1.93. The van der Waals surface area contributed by atoms with E-state index < -0.39 is 0 Å². The Balaban J connectivity index is 2.09. The molecule has 3 N–H and O–H groups in total. The first-order valence-electron chi connectivity index (χ1n) is 6.54. The number of carbonyl (C=O) groups is 1. The van der Waals surface area contributed by atoms with E-state index in [1.54, 1.807) is 7.05 Å². The first kappa shape index (κ1) is 15.5. The van der Waals surface area contributed by atoms with Gasteiger partial charge in [-0.15, -0.1) is 11.3 Å². The van der Waals surface area contributed by atoms with Gasteiger partial charge in [-0.05, 0) is 24.3 Å². The molecule has 1 rings (SSSR count). The molecule has 106 valence electrons. The predicted molar refractivity (Wildman–Crippen MR) is 80.9 cm³/mol. The highest BCUT2D eigenvalue weighted by Gasteiger charge is 2.04. The van der Waals surface area contributed by atoms with Gasteiger partial charge >= 0.3 is 0 Å². The highest BCUT2D eigenvalue weighted by atomic mass is 32.1. The fourth-order valence-corrected chi connectivity index (χ4v) is 2.10. The molecule has 0 aliphatic heterocycles. The van der Waals surface area contributed by atoms with E-state index in [2.05, 4.69) is 27.9 Å². The van der Waals surface area contributed by atoms with Crippen molar-refractivity contribution in [2.24, 2.45) is 4.99 Å². The van der Waals surface area contributed by atoms with Crippen molar-refractivity contribution in [3.8, 4) is 0 Å². The standard InChI is InChI=1S/C13H22N4OS/c1-3-7-16-13(14-2)17-9-5-8-15-12(18)11-6-4-10-19-11/h4,6,10H,3,5,7-9H2,1-2H3,(H,15,18)(H2,14,16,17). The number of thiophene rings is 1. The highest BCUT2D eigenvalue weighted by molar-refractivity contribution is 7.12. The first-order chi connectivity index (χ1) is 9.27. The monoisotopic (exact) mass is 282 g/mol. The molecule has 1 heterocycles. The zero-order valence-corrected chi connectivity index (χ0v) is 12.3. The molecule has 0 bridgehead atoms. The summed E-state index contributed by atoms with van der Waals surface area (Å²) in [4.78, 5) is 16.5. The number of aliphatic imine (C=N–C) groups is 1. The lowest BCUT2D eigenvalue weighted by atomic mass is 10.4. The van der Waals surface area contributed by atoms with Gasteiger partial charge in [0.05, 0.1) is 4.88 Å². The van der Waals surface area contributed by atoms with E-state index in [4.69, 9.17) is 0 Å². The zero-order chi connectivity index (χ0) is 13.9. The van der Waals surface area contributed by atoms with Crippen LogP contribution in [0.5, 0.6) is 0 Å². The summed E-state index contributed by atoms with van der Waals surface area (Å²) in [5.41, 5.74) is 0. The Morgan fingerprint density at radius 2 is 2.00 bits per heavy atom. The smallest absolute Gasteiger partial charge is 0.261 e. The molecular formula is C13H22N4OS. The van der Waals surface area contributed by atoms with Crippen molar-refractivity contribution in [2.45, 2.75) is 19.8 Å². The van der Waals surface area contributed by atoms with Gasteiger partial charge in [0.25, 0.3) is 5.91 Å². The molecule has 0 aromatic carbocycles. The summed E-state index contributed by atoms with van der Waals surface area (Å²) in [6, 6.07) is 3.71. The topological polar surface area (TPSA) is 65.5 Å². The molecule has 0 aliphatic rings. The molecule has 0 atom stereocenters. The number of hydrogen-bond acceptors (Lipinski definition) is 3. The molecule has 0 saturated heterocycles. The minimum Gasteiger partial charge on any atom is -0.356 e. The van der Waals surface area contributed by atoms with Gasteiger partial charge in [-0.1, -0.05) is 13.0 Å². The van der Waals surface area contributed by atoms with Crippen molar-refractivity contribution in [3.63, 3.8) is 0 Å². The normalized spacial score (nSPS) is 11.2. The summed E-state index contributed by atoms with van der Waals surface area (Å²) >= 11 is 1.46. The molecule has 6 heteroatoms. The Morgan fingerprint density at radius 1 is 1.26 bits per heavy atom. The zero-order valence-electron chi connectivity index (χ0n) is 11.5. The number of carbonyl (C=O) groups excluding carboxylic acids is 1. The third kappa shape index (κ3) is 6.24. The maximum atomic E-state index is 11.6. The van der Waals surface area contributed by atoms with Crippen LogP contribution in [0.1, 0.15) is 29.4 Å². The first-order valence-corrected chi connectivity index (χ1v) is 7.42. The van der Waals surface area contributed by atoms with Crippen LogP contribution < -0.4 is 16.0 Å². The van der Waals surface area contributed by atoms with Crippen molar-refractivity contribution in [1.82, 2.24) is 16.0 Å². The van der Waals surface area contributed by atoms with Gasteiger partial charge in [-0.25, -0.2) is 0 Å². The summed E-state index contributed by atoms with van der Waals surface area (Å²) in [7, 11) is 1.75. The van der Waals surface area contributed by atoms with E-state index in [0.717, 1.165) is 36.8 Å². The largest absolute Gasteiger partial charge is 0.356 e. The summed E-state index contributed by atoms with van der Waals surface area (Å²) in [5.74, 6) is 0.815. The number of guanidine groups is 1. The van der Waals surface area contributed by atoms with Gasteiger partial charge in [0, 0.05) is 26.7 Å². The molecule has 0 unspecified atom stereocenters. The van der Waals surface area contributed by atoms with Crippen molar-refractivity contribution in [1.29, 1.82) is 0 Å². The fraction of sp³-hybridized carbons (Fsp3) is 0.538. The lowest BCUT2D eigenvalue weighted by Crippen LogP contribution is -2.39. The van der Waals surface area contributed by atoms with Crippen LogP contribution >= 0.6 is 11.3 Å². The molecule has 19 heavy (non-hydrogen) atoms. The molecule has 1 aromatic rings. The second kappa shape index (κ2) is 9.38. The van der Waals surface area contributed by atoms with Crippen molar-refractivity contribution in [3.05, 3.63) is 22.4 Å². The van der Waals surface area contributed by atoms with Crippen LogP contribution in [0.2, 0.25) is 0 Å². The number of nitrogens with one attached hydrogen (secondary N) is 3. The van der Waals surface area contributed by atoms with Crippen LogP contribution in [-0.4, -0.2) is 38.5 Å². The number of nitrogens with zero attached hydrogens (tertiary/aromatic N) is 1. The van der Waals surface area contributed by atoms with E-state index in [0.29, 0.717) is 6.54 Å². The summed E-state index contributed by atoms with van der Waals surface area (Å²) in [5, 5.41) is 11.2. The molecular weight excluding hydrogens is 260 g/mol. The van der Waals surface area contributed by atoms with Gasteiger partial charge in [0.1, 0.15) is 0 Å². The minimum atomic E-state index is 0.00323. The molecule has 5 nitrogen and oxygen atoms in total. The third-order valence-electron chi connectivity index (χ3n) is 2.44. The van der Waals surface area contributed by atoms with E-state index in [-0.39, 0.29) is 5.91 Å². The lowest BCUT2D eigenvalue weighted by Gasteiger charge is -2.11. The number of hydrogen-bond donors (Lipinski definition) is 3. The minimum absolute atomic E-state index is 0.00323. The molecule has 1 aromatic heterocycles. The second-order valence-corrected chi connectivity index (χ2v) is 4.96. The van der Waals surface area contributed by atoms with E-state index in [1.807, 2.05) is 17.5 Å². The Bertz CT molecular complexity index is 389. The Labute approximate surface area is 118 Å². The Kier molecular flexibility index (Phi) is 7.65. The molecule has 0 spiro atoms. The van der Waals surface area contributed by atoms with Crippen LogP contribution in [0.15, 0.2) is 22.5 Å². The lowest BCUT2D eigenvalue weighted by molar-refractivity contribution is 0.0957. The maximum absolute atomic E-state index is 11.6. The van der Waals surface area contributed by atoms with Crippen LogP contribution in [0.3, 0.4) is 0 Å². The van der Waals surface area contributed by atoms with Crippen molar-refractivity contribution >= 4 is 23.2 Å². The van der Waals surface area contributed by atoms with Gasteiger partial charge in [-0.3, -0.25) is 9.79 Å². The van der Waals surface area contributed by atoms with Gasteiger partial charge in [-0.2, -0.15) is 0 Å². The van der Waals surface area contributed by atoms with E-state index >= 15 is 0 Å². The van der Waals surface area contributed by atoms with Crippen LogP contribution in [0, 0.1) is 0 Å². The summed E-state index contributed by atoms with van der Waals surface area (Å²) < 4.78 is 0. The molecule has 0 saturated carbocycles. The highest BCUT2D eigenvalue weighted by Crippen LogP contribution is 2.07. The maximum Gasteiger partial charge on any atom is 0.261 e. The quantitative estimate of drug-likeness (QED) is 0.403. The van der Waals surface area contributed by atoms with Gasteiger partial charge < -0.3 is 16.0 Å². The van der Waals surface area contributed by atoms with Crippen LogP contribution in [0.4, 0.5) is 0 Å². The van der Waals surface area contributed by atoms with Crippen molar-refractivity contribution in [2.75, 3.05) is 26.7 Å². The average molecular weight is 282 g/mol. The Hall–Kier alpha value is -1.56. The van der Waals surface area contributed by atoms with E-state index in [9.17, 15) is 4.79 Å². The van der Waals surface area contributed by atoms with E-state index in [1.165, 1.54) is 11.3 Å². The van der Waals surface area contributed by atoms with Crippen LogP contribution in [0.25, 0.3) is 0 Å². The third-order valence-corrected chi connectivity index (χ3v) is 3.31. The number of amides is 1. The SMILES string of the molecule is CCCNC(=NC)NCCCNC(=O)c1cccs1. The number of rotatable bonds is 7. The van der Waals surface area contributed by atoms with Gasteiger partial charge in [0.15, 0.2) is 5.96 Å². The molecule has 1 amide bonds. The van der Waals surface area contributed by atoms with Crippen LogP contribution in [-0.2, 0) is 0 Å². The molecule has 0 fully saturated rings. The molecule has 0 radical (unpaired) electrons.